The van der Waals surface area contributed by atoms with Crippen LogP contribution in [0.1, 0.15) is 68.8 Å². The molecule has 60 heavy (non-hydrogen) atoms. The molecule has 6 heterocycles. The third-order valence-corrected chi connectivity index (χ3v) is 15.6. The van der Waals surface area contributed by atoms with Crippen LogP contribution >= 0.6 is 0 Å². The number of benzene rings is 2. The maximum Gasteiger partial charge on any atom is 0.344 e. The number of aliphatic hydroxyl groups is 1. The Balaban J connectivity index is 1.36. The summed E-state index contributed by atoms with van der Waals surface area (Å²) in [5.41, 5.74) is -1.52. The molecule has 322 valence electrons. The average Bonchev–Trinajstić information content (AvgIpc) is 3.89. The van der Waals surface area contributed by atoms with Crippen LogP contribution in [0.15, 0.2) is 48.6 Å². The fraction of sp³-hybridized carbons (Fsp3) is 0.587. The maximum absolute atomic E-state index is 15.4. The van der Waals surface area contributed by atoms with Crippen LogP contribution in [0.3, 0.4) is 0 Å². The third kappa shape index (κ3) is 5.31. The van der Waals surface area contributed by atoms with E-state index < -0.39 is 63.7 Å². The first kappa shape index (κ1) is 40.9. The lowest BCUT2D eigenvalue weighted by atomic mass is 9.47. The number of carbonyl (C=O) groups is 3. The van der Waals surface area contributed by atoms with Gasteiger partial charge in [0.05, 0.1) is 27.4 Å². The van der Waals surface area contributed by atoms with Crippen molar-refractivity contribution in [1.82, 2.24) is 14.8 Å². The number of hydrogen-bond donors (Lipinski definition) is 2. The van der Waals surface area contributed by atoms with Crippen molar-refractivity contribution in [2.45, 2.75) is 93.4 Å². The number of ether oxygens (including phenoxy) is 4. The molecule has 1 saturated carbocycles. The Morgan fingerprint density at radius 1 is 1.02 bits per heavy atom. The molecule has 3 aromatic rings. The number of rotatable bonds is 7. The Kier molecular flexibility index (Phi) is 9.53. The predicted molar refractivity (Wildman–Crippen MR) is 219 cm³/mol. The van der Waals surface area contributed by atoms with Gasteiger partial charge in [0.15, 0.2) is 6.10 Å². The van der Waals surface area contributed by atoms with E-state index in [0.717, 1.165) is 29.0 Å². The molecule has 1 spiro atoms. The summed E-state index contributed by atoms with van der Waals surface area (Å²) in [5.74, 6) is -5.90. The molecule has 3 fully saturated rings. The van der Waals surface area contributed by atoms with E-state index in [0.29, 0.717) is 68.1 Å². The first-order valence-electron chi connectivity index (χ1n) is 21.2. The summed E-state index contributed by atoms with van der Waals surface area (Å²) in [6, 6.07) is 10.5. The van der Waals surface area contributed by atoms with Gasteiger partial charge in [-0.05, 0) is 74.8 Å². The topological polar surface area (TPSA) is 134 Å². The van der Waals surface area contributed by atoms with Crippen molar-refractivity contribution >= 4 is 34.5 Å². The van der Waals surface area contributed by atoms with E-state index in [9.17, 15) is 14.7 Å². The molecule has 10 atom stereocenters. The lowest BCUT2D eigenvalue weighted by molar-refractivity contribution is -0.228. The molecule has 0 amide bonds. The van der Waals surface area contributed by atoms with Crippen molar-refractivity contribution in [3.8, 4) is 5.75 Å². The molecule has 2 N–H and O–H groups in total. The number of aromatic amines is 1. The summed E-state index contributed by atoms with van der Waals surface area (Å²) in [6.07, 6.45) is 4.54. The highest BCUT2D eigenvalue weighted by atomic mass is 19.3. The second-order valence-electron chi connectivity index (χ2n) is 18.3. The number of anilines is 1. The van der Waals surface area contributed by atoms with Gasteiger partial charge < -0.3 is 38.8 Å². The van der Waals surface area contributed by atoms with Crippen molar-refractivity contribution in [1.29, 1.82) is 0 Å². The molecule has 6 aliphatic rings. The summed E-state index contributed by atoms with van der Waals surface area (Å²) in [6.45, 7) is 6.80. The minimum atomic E-state index is -2.93. The fourth-order valence-electron chi connectivity index (χ4n) is 13.4. The van der Waals surface area contributed by atoms with Gasteiger partial charge in [0.2, 0.25) is 11.5 Å². The van der Waals surface area contributed by atoms with E-state index in [4.69, 9.17) is 18.9 Å². The van der Waals surface area contributed by atoms with Gasteiger partial charge >= 0.3 is 17.9 Å². The summed E-state index contributed by atoms with van der Waals surface area (Å²) in [4.78, 5) is 52.7. The number of halogens is 2. The number of aromatic nitrogens is 1. The number of fused-ring (bicyclic) bond motifs is 6. The number of H-pyrrole nitrogens is 1. The molecule has 9 rings (SSSR count). The number of piperidine rings is 1. The zero-order valence-electron chi connectivity index (χ0n) is 35.5. The molecule has 2 saturated heterocycles. The van der Waals surface area contributed by atoms with Crippen molar-refractivity contribution in [3.63, 3.8) is 0 Å². The number of alkyl halides is 2. The largest absolute Gasteiger partial charge is 0.496 e. The first-order valence-corrected chi connectivity index (χ1v) is 21.2. The monoisotopic (exact) mass is 830 g/mol. The Morgan fingerprint density at radius 3 is 2.45 bits per heavy atom. The molecule has 1 unspecified atom stereocenters. The van der Waals surface area contributed by atoms with Crippen molar-refractivity contribution in [2.75, 3.05) is 66.0 Å². The highest BCUT2D eigenvalue weighted by Crippen LogP contribution is 2.68. The first-order chi connectivity index (χ1) is 28.6. The molecule has 2 aromatic carbocycles. The predicted octanol–water partition coefficient (Wildman–Crippen LogP) is 5.12. The van der Waals surface area contributed by atoms with Crippen molar-refractivity contribution < 1.29 is 47.2 Å². The standard InChI is InChI=1S/C46H56F2N4O8/c1-8-43-15-11-17-52-19-16-44(37(43)52)31-21-32(35(57-5)22-34(31)50(4)38(44)46(56,41(55)59-7)39(43)60-26(2)53)45(40(54)58-6)23-27-20-28(42(3,47)48)25-51(24-27)18-14-30-29-12-9-10-13-33(29)49-36(30)45/h9-13,15,21-22,27-28,37-39,49,56H,8,14,16-20,23-25H2,1-7H3/t27-,28-,37+,38-,39-,43-,44-,45+,46+/m1/s1. The van der Waals surface area contributed by atoms with Crippen LogP contribution in [-0.4, -0.2) is 129 Å². The van der Waals surface area contributed by atoms with Gasteiger partial charge in [-0.1, -0.05) is 37.3 Å². The van der Waals surface area contributed by atoms with E-state index in [2.05, 4.69) is 14.8 Å². The van der Waals surface area contributed by atoms with E-state index >= 15 is 13.6 Å². The lowest BCUT2D eigenvalue weighted by Crippen LogP contribution is -2.81. The van der Waals surface area contributed by atoms with Gasteiger partial charge in [-0.2, -0.15) is 0 Å². The van der Waals surface area contributed by atoms with Crippen LogP contribution in [0.2, 0.25) is 0 Å². The smallest absolute Gasteiger partial charge is 0.344 e. The van der Waals surface area contributed by atoms with Gasteiger partial charge in [-0.15, -0.1) is 0 Å². The molecule has 14 heteroatoms. The molecular formula is C46H56F2N4O8. The Bertz CT molecular complexity index is 2290. The number of methoxy groups -OCH3 is 3. The quantitative estimate of drug-likeness (QED) is 0.187. The number of likely N-dealkylation sites (N-methyl/N-ethyl adjacent to an activating group) is 1. The number of para-hydroxylation sites is 1. The molecule has 5 aliphatic heterocycles. The third-order valence-electron chi connectivity index (χ3n) is 15.6. The highest BCUT2D eigenvalue weighted by molar-refractivity contribution is 5.95. The van der Waals surface area contributed by atoms with Crippen LogP contribution in [-0.2, 0) is 45.8 Å². The van der Waals surface area contributed by atoms with Crippen LogP contribution in [0.25, 0.3) is 10.9 Å². The summed E-state index contributed by atoms with van der Waals surface area (Å²) < 4.78 is 54.5. The number of carbonyl (C=O) groups excluding carboxylic acids is 3. The van der Waals surface area contributed by atoms with Crippen LogP contribution in [0.5, 0.6) is 5.75 Å². The number of nitrogens with zero attached hydrogens (tertiary/aromatic N) is 3. The van der Waals surface area contributed by atoms with E-state index in [1.165, 1.54) is 21.1 Å². The van der Waals surface area contributed by atoms with Crippen LogP contribution in [0, 0.1) is 17.3 Å². The molecule has 12 nitrogen and oxygen atoms in total. The van der Waals surface area contributed by atoms with E-state index in [1.807, 2.05) is 67.4 Å². The zero-order valence-corrected chi connectivity index (χ0v) is 35.5. The highest BCUT2D eigenvalue weighted by Gasteiger charge is 2.80. The van der Waals surface area contributed by atoms with Crippen LogP contribution < -0.4 is 9.64 Å². The summed E-state index contributed by atoms with van der Waals surface area (Å²) in [5, 5.41) is 14.2. The van der Waals surface area contributed by atoms with Crippen LogP contribution in [0.4, 0.5) is 14.5 Å². The SMILES string of the molecule is CC[C@]12C=CCN3CC[C@@]4(c5cc([C@@]6(C(=O)OC)C[C@H]7C[C@@H](C(C)(F)F)CN(CCc8c6[nH]c6ccccc86)C7)c(OC)cc5N(C)[C@H]4[C@@](O)(C(=O)OC)[C@@H]1OC(C)=O)[C@@H]32. The second-order valence-corrected chi connectivity index (χ2v) is 18.3. The minimum Gasteiger partial charge on any atom is -0.496 e. The van der Waals surface area contributed by atoms with Crippen molar-refractivity contribution in [2.24, 2.45) is 17.3 Å². The molecule has 0 radical (unpaired) electrons. The van der Waals surface area contributed by atoms with Gasteiger partial charge in [0.25, 0.3) is 0 Å². The van der Waals surface area contributed by atoms with Crippen molar-refractivity contribution in [3.05, 3.63) is 70.9 Å². The average molecular weight is 831 g/mol. The number of nitrogens with one attached hydrogen (secondary N) is 1. The fourth-order valence-corrected chi connectivity index (χ4v) is 13.4. The molecular weight excluding hydrogens is 775 g/mol. The van der Waals surface area contributed by atoms with E-state index in [-0.39, 0.29) is 31.3 Å². The zero-order chi connectivity index (χ0) is 42.7. The minimum absolute atomic E-state index is 0.155. The van der Waals surface area contributed by atoms with Gasteiger partial charge in [-0.25, -0.2) is 13.6 Å². The van der Waals surface area contributed by atoms with E-state index in [1.54, 1.807) is 7.11 Å². The normalized spacial score (nSPS) is 35.6. The Hall–Kier alpha value is -4.53. The Labute approximate surface area is 349 Å². The summed E-state index contributed by atoms with van der Waals surface area (Å²) >= 11 is 0. The molecule has 2 bridgehead atoms. The Morgan fingerprint density at radius 2 is 1.77 bits per heavy atom. The van der Waals surface area contributed by atoms with Gasteiger partial charge in [0.1, 0.15) is 11.2 Å². The maximum atomic E-state index is 15.4. The van der Waals surface area contributed by atoms with Gasteiger partial charge in [-0.3, -0.25) is 14.5 Å². The molecule has 1 aromatic heterocycles. The number of hydrogen-bond acceptors (Lipinski definition) is 11. The van der Waals surface area contributed by atoms with Gasteiger partial charge in [0, 0.05) is 96.9 Å². The lowest BCUT2D eigenvalue weighted by Gasteiger charge is -2.63. The number of esters is 3. The second kappa shape index (κ2) is 14.0. The summed E-state index contributed by atoms with van der Waals surface area (Å²) in [7, 11) is 5.96. The molecule has 1 aliphatic carbocycles.